The van der Waals surface area contributed by atoms with Crippen LogP contribution in [-0.2, 0) is 6.42 Å². The molecule has 0 unspecified atom stereocenters. The monoisotopic (exact) mass is 533 g/mol. The van der Waals surface area contributed by atoms with Crippen LogP contribution in [0.5, 0.6) is 0 Å². The number of hydrogen-bond donors (Lipinski definition) is 1. The van der Waals surface area contributed by atoms with Crippen LogP contribution in [0, 0.1) is 26.6 Å². The van der Waals surface area contributed by atoms with Crippen LogP contribution in [0.2, 0.25) is 0 Å². The summed E-state index contributed by atoms with van der Waals surface area (Å²) in [4.78, 5) is 14.0. The molecule has 1 N–H and O–H groups in total. The van der Waals surface area contributed by atoms with Crippen molar-refractivity contribution in [3.63, 3.8) is 0 Å². The van der Waals surface area contributed by atoms with Gasteiger partial charge in [0, 0.05) is 41.8 Å². The molecule has 5 heterocycles. The SMILES string of the molecule is Cc1cc(-n2nc3c(c2-n2ccn(-c4ccc5c(cnn5C(F)F)c4C)c2=O)[C@@H]2CC[C@H](C3)N2)cc(C)c1F. The normalized spacial score (nSPS) is 18.4. The molecule has 0 saturated carbocycles. The number of nitrogens with one attached hydrogen (secondary N) is 1. The number of alkyl halides is 2. The van der Waals surface area contributed by atoms with Gasteiger partial charge in [-0.15, -0.1) is 0 Å². The zero-order valence-electron chi connectivity index (χ0n) is 21.6. The fourth-order valence-corrected chi connectivity index (χ4v) is 6.26. The van der Waals surface area contributed by atoms with E-state index in [9.17, 15) is 18.0 Å². The molecule has 2 bridgehead atoms. The first kappa shape index (κ1) is 24.0. The summed E-state index contributed by atoms with van der Waals surface area (Å²) >= 11 is 0. The zero-order valence-corrected chi connectivity index (χ0v) is 21.6. The molecule has 0 radical (unpaired) electrons. The molecule has 2 aliphatic rings. The standard InChI is InChI=1S/C28H26F3N7O/c1-14-10-18(11-15(2)25(14)29)37-26(24-20-5-4-17(33-20)12-21(24)34-37)36-9-8-35(28(36)39)22-6-7-23-19(16(22)3)13-32-38(23)27(30)31/h6-11,13,17,20,27,33H,4-5,12H2,1-3H3/t17-,20+/m1/s1. The second kappa shape index (κ2) is 8.44. The average Bonchev–Trinajstić information content (AvgIpc) is 3.67. The minimum absolute atomic E-state index is 0.0682. The fraction of sp³-hybridized carbons (Fsp3) is 0.321. The first-order chi connectivity index (χ1) is 18.7. The van der Waals surface area contributed by atoms with E-state index in [1.54, 1.807) is 66.7 Å². The molecule has 3 aromatic heterocycles. The fourth-order valence-electron chi connectivity index (χ4n) is 6.26. The Morgan fingerprint density at radius 3 is 2.54 bits per heavy atom. The Labute approximate surface area is 221 Å². The molecule has 200 valence electrons. The van der Waals surface area contributed by atoms with Crippen LogP contribution >= 0.6 is 0 Å². The van der Waals surface area contributed by atoms with Crippen LogP contribution in [-0.4, -0.2) is 34.7 Å². The minimum atomic E-state index is -2.76. The van der Waals surface area contributed by atoms with E-state index in [4.69, 9.17) is 5.10 Å². The van der Waals surface area contributed by atoms with E-state index in [0.717, 1.165) is 30.5 Å². The smallest absolute Gasteiger partial charge is 0.307 e. The highest BCUT2D eigenvalue weighted by Gasteiger charge is 2.38. The highest BCUT2D eigenvalue weighted by Crippen LogP contribution is 2.40. The van der Waals surface area contributed by atoms with E-state index in [1.807, 2.05) is 0 Å². The Bertz CT molecular complexity index is 1820. The Morgan fingerprint density at radius 1 is 1.05 bits per heavy atom. The van der Waals surface area contributed by atoms with Gasteiger partial charge in [0.2, 0.25) is 0 Å². The van der Waals surface area contributed by atoms with Crippen LogP contribution in [0.3, 0.4) is 0 Å². The zero-order chi connectivity index (χ0) is 27.2. The molecule has 5 aromatic rings. The molecule has 1 fully saturated rings. The third-order valence-corrected chi connectivity index (χ3v) is 8.14. The lowest BCUT2D eigenvalue weighted by molar-refractivity contribution is 0.0615. The van der Waals surface area contributed by atoms with Crippen molar-refractivity contribution in [3.8, 4) is 17.2 Å². The van der Waals surface area contributed by atoms with Gasteiger partial charge in [0.05, 0.1) is 28.8 Å². The van der Waals surface area contributed by atoms with E-state index in [2.05, 4.69) is 10.4 Å². The first-order valence-corrected chi connectivity index (χ1v) is 12.9. The van der Waals surface area contributed by atoms with Gasteiger partial charge in [0.1, 0.15) is 11.6 Å². The van der Waals surface area contributed by atoms with E-state index in [0.29, 0.717) is 55.5 Å². The van der Waals surface area contributed by atoms with Crippen molar-refractivity contribution in [2.45, 2.75) is 58.7 Å². The van der Waals surface area contributed by atoms with Crippen LogP contribution in [0.4, 0.5) is 13.2 Å². The predicted molar refractivity (Wildman–Crippen MR) is 140 cm³/mol. The van der Waals surface area contributed by atoms with E-state index >= 15 is 0 Å². The number of rotatable bonds is 4. The Hall–Kier alpha value is -4.12. The topological polar surface area (TPSA) is 74.6 Å². The summed E-state index contributed by atoms with van der Waals surface area (Å²) in [6.45, 7) is 2.47. The van der Waals surface area contributed by atoms with Crippen molar-refractivity contribution >= 4 is 10.9 Å². The van der Waals surface area contributed by atoms with Crippen molar-refractivity contribution in [3.05, 3.63) is 87.1 Å². The molecule has 2 aliphatic heterocycles. The highest BCUT2D eigenvalue weighted by atomic mass is 19.3. The van der Waals surface area contributed by atoms with Gasteiger partial charge < -0.3 is 5.32 Å². The molecule has 11 heteroatoms. The minimum Gasteiger partial charge on any atom is -0.307 e. The van der Waals surface area contributed by atoms with E-state index in [1.165, 1.54) is 10.8 Å². The number of imidazole rings is 1. The van der Waals surface area contributed by atoms with Crippen molar-refractivity contribution < 1.29 is 13.2 Å². The number of halogens is 3. The van der Waals surface area contributed by atoms with Gasteiger partial charge in [-0.1, -0.05) is 0 Å². The lowest BCUT2D eigenvalue weighted by atomic mass is 10.0. The second-order valence-corrected chi connectivity index (χ2v) is 10.5. The Morgan fingerprint density at radius 2 is 1.79 bits per heavy atom. The largest absolute Gasteiger partial charge is 0.338 e. The molecule has 2 aromatic carbocycles. The lowest BCUT2D eigenvalue weighted by Crippen LogP contribution is -2.32. The molecule has 7 rings (SSSR count). The van der Waals surface area contributed by atoms with Crippen LogP contribution in [0.25, 0.3) is 28.1 Å². The van der Waals surface area contributed by atoms with Crippen molar-refractivity contribution in [2.75, 3.05) is 0 Å². The van der Waals surface area contributed by atoms with Crippen LogP contribution in [0.15, 0.2) is 47.7 Å². The maximum Gasteiger partial charge on any atom is 0.338 e. The molecule has 8 nitrogen and oxygen atoms in total. The van der Waals surface area contributed by atoms with E-state index < -0.39 is 6.55 Å². The number of hydrogen-bond acceptors (Lipinski definition) is 4. The van der Waals surface area contributed by atoms with Crippen molar-refractivity contribution in [1.82, 2.24) is 34.0 Å². The maximum absolute atomic E-state index is 14.5. The van der Waals surface area contributed by atoms with Gasteiger partial charge >= 0.3 is 12.2 Å². The van der Waals surface area contributed by atoms with Crippen molar-refractivity contribution in [2.24, 2.45) is 0 Å². The molecule has 0 spiro atoms. The van der Waals surface area contributed by atoms with Gasteiger partial charge in [-0.3, -0.25) is 9.13 Å². The Kier molecular flexibility index (Phi) is 5.18. The summed E-state index contributed by atoms with van der Waals surface area (Å²) in [6, 6.07) is 7.12. The summed E-state index contributed by atoms with van der Waals surface area (Å²) in [5.74, 6) is 0.364. The highest BCUT2D eigenvalue weighted by molar-refractivity contribution is 5.85. The molecule has 39 heavy (non-hydrogen) atoms. The molecular weight excluding hydrogens is 507 g/mol. The summed E-state index contributed by atoms with van der Waals surface area (Å²) in [7, 11) is 0. The Balaban J connectivity index is 1.43. The second-order valence-electron chi connectivity index (χ2n) is 10.5. The summed E-state index contributed by atoms with van der Waals surface area (Å²) in [5, 5.41) is 13.0. The number of aryl methyl sites for hydroxylation is 3. The molecular formula is C28H26F3N7O. The van der Waals surface area contributed by atoms with Gasteiger partial charge in [0.15, 0.2) is 0 Å². The van der Waals surface area contributed by atoms with Gasteiger partial charge in [-0.05, 0) is 74.6 Å². The van der Waals surface area contributed by atoms with Crippen LogP contribution in [0.1, 0.15) is 53.4 Å². The van der Waals surface area contributed by atoms with Gasteiger partial charge in [0.25, 0.3) is 0 Å². The molecule has 0 amide bonds. The van der Waals surface area contributed by atoms with Gasteiger partial charge in [-0.2, -0.15) is 19.0 Å². The predicted octanol–water partition coefficient (Wildman–Crippen LogP) is 4.97. The number of benzene rings is 2. The molecule has 0 aliphatic carbocycles. The van der Waals surface area contributed by atoms with Crippen molar-refractivity contribution in [1.29, 1.82) is 0 Å². The lowest BCUT2D eigenvalue weighted by Gasteiger charge is -2.21. The summed E-state index contributed by atoms with van der Waals surface area (Å²) < 4.78 is 46.7. The summed E-state index contributed by atoms with van der Waals surface area (Å²) in [6.07, 6.45) is 7.51. The third-order valence-electron chi connectivity index (χ3n) is 8.14. The third kappa shape index (κ3) is 3.45. The molecule has 1 saturated heterocycles. The first-order valence-electron chi connectivity index (χ1n) is 12.9. The number of nitrogens with zero attached hydrogens (tertiary/aromatic N) is 6. The van der Waals surface area contributed by atoms with Gasteiger partial charge in [-0.25, -0.2) is 18.5 Å². The number of fused-ring (bicyclic) bond motifs is 5. The quantitative estimate of drug-likeness (QED) is 0.354. The van der Waals surface area contributed by atoms with Crippen LogP contribution < -0.4 is 11.0 Å². The average molecular weight is 534 g/mol. The maximum atomic E-state index is 14.5. The summed E-state index contributed by atoms with van der Waals surface area (Å²) in [5.41, 5.74) is 4.83. The van der Waals surface area contributed by atoms with E-state index in [-0.39, 0.29) is 17.5 Å². The number of aromatic nitrogens is 6. The molecule has 2 atom stereocenters.